The van der Waals surface area contributed by atoms with Gasteiger partial charge in [-0.15, -0.1) is 11.3 Å². The first-order valence-electron chi connectivity index (χ1n) is 10.3. The summed E-state index contributed by atoms with van der Waals surface area (Å²) in [5.74, 6) is -0.535. The SMILES string of the molecule is Cc1nc(NC(=O)c2cc3c(C)nn(-c4ccccc4)c3s2)sc1C(=O)Nc1ccc(Br)cc1. The van der Waals surface area contributed by atoms with Crippen molar-refractivity contribution in [1.29, 1.82) is 0 Å². The summed E-state index contributed by atoms with van der Waals surface area (Å²) in [6.07, 6.45) is 0. The minimum absolute atomic E-state index is 0.265. The number of anilines is 2. The lowest BCUT2D eigenvalue weighted by molar-refractivity contribution is 0.102. The topological polar surface area (TPSA) is 88.9 Å². The fourth-order valence-corrected chi connectivity index (χ4v) is 5.64. The second-order valence-corrected chi connectivity index (χ2v) is 10.5. The smallest absolute Gasteiger partial charge is 0.267 e. The minimum atomic E-state index is -0.270. The zero-order valence-corrected chi connectivity index (χ0v) is 21.3. The lowest BCUT2D eigenvalue weighted by Crippen LogP contribution is -2.11. The Bertz CT molecular complexity index is 1520. The number of fused-ring (bicyclic) bond motifs is 1. The van der Waals surface area contributed by atoms with Crippen LogP contribution in [-0.4, -0.2) is 26.6 Å². The predicted octanol–water partition coefficient (Wildman–Crippen LogP) is 6.43. The van der Waals surface area contributed by atoms with Crippen molar-refractivity contribution in [3.8, 4) is 5.69 Å². The Hall–Kier alpha value is -3.34. The van der Waals surface area contributed by atoms with Crippen molar-refractivity contribution in [2.75, 3.05) is 10.6 Å². The number of halogens is 1. The third kappa shape index (κ3) is 4.39. The lowest BCUT2D eigenvalue weighted by Gasteiger charge is -2.03. The molecule has 0 atom stereocenters. The van der Waals surface area contributed by atoms with Crippen molar-refractivity contribution >= 4 is 71.5 Å². The third-order valence-electron chi connectivity index (χ3n) is 5.09. The highest BCUT2D eigenvalue weighted by Gasteiger charge is 2.20. The molecule has 0 radical (unpaired) electrons. The van der Waals surface area contributed by atoms with E-state index in [1.165, 1.54) is 11.3 Å². The summed E-state index contributed by atoms with van der Waals surface area (Å²) < 4.78 is 2.78. The van der Waals surface area contributed by atoms with E-state index in [9.17, 15) is 9.59 Å². The Labute approximate surface area is 211 Å². The summed E-state index contributed by atoms with van der Waals surface area (Å²) in [7, 11) is 0. The Morgan fingerprint density at radius 2 is 1.65 bits per heavy atom. The molecule has 2 amide bonds. The van der Waals surface area contributed by atoms with Gasteiger partial charge in [-0.25, -0.2) is 9.67 Å². The first-order valence-corrected chi connectivity index (χ1v) is 12.7. The number of thiophene rings is 1. The van der Waals surface area contributed by atoms with Crippen molar-refractivity contribution in [2.24, 2.45) is 0 Å². The van der Waals surface area contributed by atoms with Crippen LogP contribution in [0.1, 0.15) is 30.7 Å². The van der Waals surface area contributed by atoms with Crippen LogP contribution in [0.4, 0.5) is 10.8 Å². The zero-order valence-electron chi connectivity index (χ0n) is 18.1. The molecule has 0 spiro atoms. The van der Waals surface area contributed by atoms with Crippen molar-refractivity contribution in [1.82, 2.24) is 14.8 Å². The number of hydrogen-bond acceptors (Lipinski definition) is 6. The van der Waals surface area contributed by atoms with Crippen LogP contribution in [0.15, 0.2) is 65.1 Å². The predicted molar refractivity (Wildman–Crippen MR) is 141 cm³/mol. The van der Waals surface area contributed by atoms with E-state index >= 15 is 0 Å². The fourth-order valence-electron chi connectivity index (χ4n) is 3.44. The fraction of sp³-hybridized carbons (Fsp3) is 0.0833. The molecule has 0 aliphatic rings. The van der Waals surface area contributed by atoms with Crippen LogP contribution in [-0.2, 0) is 0 Å². The van der Waals surface area contributed by atoms with Gasteiger partial charge in [0.05, 0.1) is 22.0 Å². The molecule has 2 N–H and O–H groups in total. The summed E-state index contributed by atoms with van der Waals surface area (Å²) >= 11 is 5.89. The molecule has 34 heavy (non-hydrogen) atoms. The van der Waals surface area contributed by atoms with Crippen LogP contribution in [0, 0.1) is 13.8 Å². The van der Waals surface area contributed by atoms with E-state index in [0.717, 1.165) is 37.4 Å². The van der Waals surface area contributed by atoms with Crippen LogP contribution in [0.5, 0.6) is 0 Å². The van der Waals surface area contributed by atoms with Crippen LogP contribution in [0.2, 0.25) is 0 Å². The van der Waals surface area contributed by atoms with E-state index in [4.69, 9.17) is 0 Å². The van der Waals surface area contributed by atoms with Gasteiger partial charge in [0.15, 0.2) is 5.13 Å². The number of para-hydroxylation sites is 1. The molecule has 5 rings (SSSR count). The second-order valence-electron chi connectivity index (χ2n) is 7.51. The number of aryl methyl sites for hydroxylation is 2. The van der Waals surface area contributed by atoms with Gasteiger partial charge >= 0.3 is 0 Å². The number of carbonyl (C=O) groups is 2. The number of thiazole rings is 1. The summed E-state index contributed by atoms with van der Waals surface area (Å²) in [5.41, 5.74) is 3.03. The molecule has 170 valence electrons. The van der Waals surface area contributed by atoms with Gasteiger partial charge < -0.3 is 5.32 Å². The molecule has 3 heterocycles. The summed E-state index contributed by atoms with van der Waals surface area (Å²) in [5, 5.41) is 11.6. The Kier molecular flexibility index (Phi) is 6.03. The van der Waals surface area contributed by atoms with E-state index < -0.39 is 0 Å². The summed E-state index contributed by atoms with van der Waals surface area (Å²) in [6, 6.07) is 19.0. The Morgan fingerprint density at radius 3 is 2.38 bits per heavy atom. The van der Waals surface area contributed by atoms with E-state index in [2.05, 4.69) is 36.6 Å². The molecule has 0 aliphatic heterocycles. The first kappa shape index (κ1) is 22.5. The number of carbonyl (C=O) groups excluding carboxylic acids is 2. The minimum Gasteiger partial charge on any atom is -0.321 e. The van der Waals surface area contributed by atoms with E-state index in [0.29, 0.717) is 26.3 Å². The van der Waals surface area contributed by atoms with Gasteiger partial charge in [0, 0.05) is 15.5 Å². The van der Waals surface area contributed by atoms with Crippen molar-refractivity contribution in [3.05, 3.63) is 86.3 Å². The molecule has 0 saturated heterocycles. The van der Waals surface area contributed by atoms with Gasteiger partial charge in [-0.3, -0.25) is 14.9 Å². The van der Waals surface area contributed by atoms with Crippen LogP contribution in [0.25, 0.3) is 15.9 Å². The molecule has 3 aromatic heterocycles. The largest absolute Gasteiger partial charge is 0.321 e. The number of rotatable bonds is 5. The maximum absolute atomic E-state index is 13.0. The van der Waals surface area contributed by atoms with E-state index in [-0.39, 0.29) is 11.8 Å². The number of benzene rings is 2. The first-order chi connectivity index (χ1) is 16.4. The van der Waals surface area contributed by atoms with E-state index in [1.54, 1.807) is 19.1 Å². The van der Waals surface area contributed by atoms with Gasteiger partial charge in [0.1, 0.15) is 9.71 Å². The molecule has 0 saturated carbocycles. The maximum atomic E-state index is 13.0. The highest BCUT2D eigenvalue weighted by molar-refractivity contribution is 9.10. The molecule has 7 nitrogen and oxygen atoms in total. The van der Waals surface area contributed by atoms with Gasteiger partial charge in [-0.05, 0) is 56.3 Å². The number of nitrogens with one attached hydrogen (secondary N) is 2. The molecule has 0 unspecified atom stereocenters. The third-order valence-corrected chi connectivity index (χ3v) is 7.80. The standard InChI is InChI=1S/C24H18BrN5O2S2/c1-13-18-12-19(33-23(18)30(29-13)17-6-4-3-5-7-17)21(31)28-24-26-14(2)20(34-24)22(32)27-16-10-8-15(25)9-11-16/h3-12H,1-2H3,(H,27,32)(H,26,28,31). The van der Waals surface area contributed by atoms with Crippen LogP contribution in [0.3, 0.4) is 0 Å². The normalized spacial score (nSPS) is 11.0. The van der Waals surface area contributed by atoms with Gasteiger partial charge in [0.25, 0.3) is 11.8 Å². The average Bonchev–Trinajstić information content (AvgIpc) is 3.50. The molecule has 10 heteroatoms. The maximum Gasteiger partial charge on any atom is 0.267 e. The second kappa shape index (κ2) is 9.13. The van der Waals surface area contributed by atoms with Gasteiger partial charge in [-0.1, -0.05) is 45.5 Å². The highest BCUT2D eigenvalue weighted by Crippen LogP contribution is 2.31. The highest BCUT2D eigenvalue weighted by atomic mass is 79.9. The molecule has 5 aromatic rings. The number of hydrogen-bond donors (Lipinski definition) is 2. The molecular formula is C24H18BrN5O2S2. The number of amides is 2. The zero-order chi connectivity index (χ0) is 23.8. The summed E-state index contributed by atoms with van der Waals surface area (Å²) in [6.45, 7) is 3.68. The van der Waals surface area contributed by atoms with E-state index in [1.807, 2.05) is 60.1 Å². The quantitative estimate of drug-likeness (QED) is 0.263. The van der Waals surface area contributed by atoms with Crippen LogP contribution < -0.4 is 10.6 Å². The summed E-state index contributed by atoms with van der Waals surface area (Å²) in [4.78, 5) is 32.0. The lowest BCUT2D eigenvalue weighted by atomic mass is 10.3. The molecule has 2 aromatic carbocycles. The Balaban J connectivity index is 1.36. The average molecular weight is 552 g/mol. The van der Waals surface area contributed by atoms with Gasteiger partial charge in [-0.2, -0.15) is 5.10 Å². The molecular weight excluding hydrogens is 534 g/mol. The number of nitrogens with zero attached hydrogens (tertiary/aromatic N) is 3. The van der Waals surface area contributed by atoms with Crippen molar-refractivity contribution in [2.45, 2.75) is 13.8 Å². The van der Waals surface area contributed by atoms with Crippen LogP contribution >= 0.6 is 38.6 Å². The van der Waals surface area contributed by atoms with Crippen molar-refractivity contribution < 1.29 is 9.59 Å². The molecule has 0 aliphatic carbocycles. The Morgan fingerprint density at radius 1 is 0.912 bits per heavy atom. The van der Waals surface area contributed by atoms with Gasteiger partial charge in [0.2, 0.25) is 0 Å². The molecule has 0 bridgehead atoms. The number of aromatic nitrogens is 3. The monoisotopic (exact) mass is 551 g/mol. The van der Waals surface area contributed by atoms with Crippen molar-refractivity contribution in [3.63, 3.8) is 0 Å². The molecule has 0 fully saturated rings.